The van der Waals surface area contributed by atoms with E-state index in [0.29, 0.717) is 46.4 Å². The fourth-order valence-corrected chi connectivity index (χ4v) is 3.65. The minimum atomic E-state index is -0.680. The SMILES string of the molecule is CCC1=C(C(=O)OC(C)C)C(c2ccc(OCc3cccc(Cl)c3)c(OC)c2)NC(=O)N1. The molecule has 3 rings (SSSR count). The third kappa shape index (κ3) is 5.53. The van der Waals surface area contributed by atoms with Crippen LogP contribution in [0.2, 0.25) is 5.02 Å². The van der Waals surface area contributed by atoms with Crippen LogP contribution in [0.5, 0.6) is 11.5 Å². The second-order valence-corrected chi connectivity index (χ2v) is 8.00. The summed E-state index contributed by atoms with van der Waals surface area (Å²) in [5, 5.41) is 6.17. The summed E-state index contributed by atoms with van der Waals surface area (Å²) in [5.74, 6) is 0.532. The van der Waals surface area contributed by atoms with Gasteiger partial charge in [0, 0.05) is 10.7 Å². The van der Waals surface area contributed by atoms with Gasteiger partial charge in [-0.2, -0.15) is 0 Å². The number of rotatable bonds is 8. The van der Waals surface area contributed by atoms with E-state index in [1.807, 2.05) is 25.1 Å². The van der Waals surface area contributed by atoms with Gasteiger partial charge in [0.25, 0.3) is 0 Å². The van der Waals surface area contributed by atoms with E-state index in [1.165, 1.54) is 7.11 Å². The number of urea groups is 1. The van der Waals surface area contributed by atoms with Crippen LogP contribution < -0.4 is 20.1 Å². The van der Waals surface area contributed by atoms with Crippen LogP contribution in [0.4, 0.5) is 4.79 Å². The standard InChI is InChI=1S/C24H27ClN2O5/c1-5-18-21(23(28)32-14(2)3)22(27-24(29)26-18)16-9-10-19(20(12-16)30-4)31-13-15-7-6-8-17(25)11-15/h6-12,14,22H,5,13H2,1-4H3,(H2,26,27,29). The Morgan fingerprint density at radius 3 is 2.59 bits per heavy atom. The lowest BCUT2D eigenvalue weighted by molar-refractivity contribution is -0.143. The summed E-state index contributed by atoms with van der Waals surface area (Å²) in [6, 6.07) is 11.6. The molecular weight excluding hydrogens is 432 g/mol. The third-order valence-electron chi connectivity index (χ3n) is 4.87. The smallest absolute Gasteiger partial charge is 0.338 e. The zero-order valence-electron chi connectivity index (χ0n) is 18.5. The Balaban J connectivity index is 1.91. The molecule has 0 spiro atoms. The molecule has 2 N–H and O–H groups in total. The fourth-order valence-electron chi connectivity index (χ4n) is 3.44. The van der Waals surface area contributed by atoms with E-state index in [2.05, 4.69) is 10.6 Å². The van der Waals surface area contributed by atoms with Crippen molar-refractivity contribution < 1.29 is 23.8 Å². The average molecular weight is 459 g/mol. The van der Waals surface area contributed by atoms with Gasteiger partial charge in [-0.1, -0.05) is 36.7 Å². The maximum Gasteiger partial charge on any atom is 0.338 e. The molecular formula is C24H27ClN2O5. The first-order valence-corrected chi connectivity index (χ1v) is 10.8. The van der Waals surface area contributed by atoms with Crippen molar-refractivity contribution in [3.63, 3.8) is 0 Å². The molecule has 0 saturated carbocycles. The summed E-state index contributed by atoms with van der Waals surface area (Å²) in [5.41, 5.74) is 2.50. The van der Waals surface area contributed by atoms with E-state index in [1.54, 1.807) is 38.1 Å². The van der Waals surface area contributed by atoms with Crippen LogP contribution in [0.3, 0.4) is 0 Å². The van der Waals surface area contributed by atoms with Crippen LogP contribution in [0.15, 0.2) is 53.7 Å². The summed E-state index contributed by atoms with van der Waals surface area (Å²) < 4.78 is 16.9. The van der Waals surface area contributed by atoms with Crippen LogP contribution >= 0.6 is 11.6 Å². The zero-order chi connectivity index (χ0) is 23.3. The monoisotopic (exact) mass is 458 g/mol. The molecule has 1 atom stereocenters. The number of methoxy groups -OCH3 is 1. The lowest BCUT2D eigenvalue weighted by Crippen LogP contribution is -2.46. The Morgan fingerprint density at radius 2 is 1.94 bits per heavy atom. The molecule has 0 aromatic heterocycles. The number of carbonyl (C=O) groups is 2. The molecule has 8 heteroatoms. The van der Waals surface area contributed by atoms with E-state index in [0.717, 1.165) is 5.56 Å². The van der Waals surface area contributed by atoms with E-state index < -0.39 is 12.0 Å². The maximum atomic E-state index is 12.8. The number of nitrogens with one attached hydrogen (secondary N) is 2. The Labute approximate surface area is 192 Å². The largest absolute Gasteiger partial charge is 0.493 e. The van der Waals surface area contributed by atoms with Crippen LogP contribution in [-0.4, -0.2) is 25.2 Å². The highest BCUT2D eigenvalue weighted by Gasteiger charge is 2.34. The normalized spacial score (nSPS) is 15.8. The molecule has 0 fully saturated rings. The summed E-state index contributed by atoms with van der Waals surface area (Å²) in [6.07, 6.45) is 0.188. The number of carbonyl (C=O) groups excluding carboxylic acids is 2. The Bertz CT molecular complexity index is 1030. The molecule has 2 aromatic rings. The Morgan fingerprint density at radius 1 is 1.16 bits per heavy atom. The van der Waals surface area contributed by atoms with Gasteiger partial charge in [-0.3, -0.25) is 0 Å². The highest BCUT2D eigenvalue weighted by Crippen LogP contribution is 2.35. The van der Waals surface area contributed by atoms with Gasteiger partial charge in [0.15, 0.2) is 11.5 Å². The highest BCUT2D eigenvalue weighted by atomic mass is 35.5. The minimum absolute atomic E-state index is 0.289. The number of halogens is 1. The van der Waals surface area contributed by atoms with Gasteiger partial charge < -0.3 is 24.8 Å². The quantitative estimate of drug-likeness (QED) is 0.549. The van der Waals surface area contributed by atoms with E-state index in [4.69, 9.17) is 25.8 Å². The molecule has 1 heterocycles. The number of hydrogen-bond donors (Lipinski definition) is 2. The minimum Gasteiger partial charge on any atom is -0.493 e. The summed E-state index contributed by atoms with van der Waals surface area (Å²) in [7, 11) is 1.54. The van der Waals surface area contributed by atoms with Gasteiger partial charge in [-0.05, 0) is 55.7 Å². The van der Waals surface area contributed by atoms with Gasteiger partial charge in [0.1, 0.15) is 6.61 Å². The van der Waals surface area contributed by atoms with Crippen molar-refractivity contribution in [2.75, 3.05) is 7.11 Å². The summed E-state index contributed by atoms with van der Waals surface area (Å²) in [6.45, 7) is 5.74. The predicted octanol–water partition coefficient (Wildman–Crippen LogP) is 4.90. The molecule has 32 heavy (non-hydrogen) atoms. The molecule has 0 saturated heterocycles. The van der Waals surface area contributed by atoms with Gasteiger partial charge in [-0.15, -0.1) is 0 Å². The van der Waals surface area contributed by atoms with Crippen LogP contribution in [0.25, 0.3) is 0 Å². The first-order valence-electron chi connectivity index (χ1n) is 10.4. The first kappa shape index (κ1) is 23.5. The molecule has 2 amide bonds. The van der Waals surface area contributed by atoms with Crippen LogP contribution in [0.1, 0.15) is 44.4 Å². The first-order chi connectivity index (χ1) is 15.3. The summed E-state index contributed by atoms with van der Waals surface area (Å²) in [4.78, 5) is 25.1. The zero-order valence-corrected chi connectivity index (χ0v) is 19.3. The van der Waals surface area contributed by atoms with Crippen molar-refractivity contribution in [2.24, 2.45) is 0 Å². The van der Waals surface area contributed by atoms with Gasteiger partial charge in [0.05, 0.1) is 24.8 Å². The number of allylic oxidation sites excluding steroid dienone is 1. The second-order valence-electron chi connectivity index (χ2n) is 7.56. The number of amides is 2. The molecule has 0 bridgehead atoms. The lowest BCUT2D eigenvalue weighted by Gasteiger charge is -2.30. The van der Waals surface area contributed by atoms with Crippen molar-refractivity contribution >= 4 is 23.6 Å². The Kier molecular flexibility index (Phi) is 7.64. The van der Waals surface area contributed by atoms with Crippen molar-refractivity contribution in [1.29, 1.82) is 0 Å². The molecule has 1 aliphatic heterocycles. The van der Waals surface area contributed by atoms with Crippen molar-refractivity contribution in [1.82, 2.24) is 10.6 Å². The lowest BCUT2D eigenvalue weighted by atomic mass is 9.94. The van der Waals surface area contributed by atoms with E-state index >= 15 is 0 Å². The van der Waals surface area contributed by atoms with Crippen molar-refractivity contribution in [2.45, 2.75) is 45.9 Å². The fraction of sp³-hybridized carbons (Fsp3) is 0.333. The van der Waals surface area contributed by atoms with Gasteiger partial charge in [0.2, 0.25) is 0 Å². The number of esters is 1. The Hall–Kier alpha value is -3.19. The molecule has 1 aliphatic rings. The molecule has 1 unspecified atom stereocenters. The predicted molar refractivity (Wildman–Crippen MR) is 122 cm³/mol. The summed E-state index contributed by atoms with van der Waals surface area (Å²) >= 11 is 6.04. The van der Waals surface area contributed by atoms with Gasteiger partial charge >= 0.3 is 12.0 Å². The maximum absolute atomic E-state index is 12.8. The topological polar surface area (TPSA) is 85.9 Å². The van der Waals surface area contributed by atoms with E-state index in [9.17, 15) is 9.59 Å². The molecule has 170 valence electrons. The number of benzene rings is 2. The molecule has 2 aromatic carbocycles. The molecule has 0 aliphatic carbocycles. The highest BCUT2D eigenvalue weighted by molar-refractivity contribution is 6.30. The number of ether oxygens (including phenoxy) is 3. The molecule has 0 radical (unpaired) electrons. The van der Waals surface area contributed by atoms with Crippen LogP contribution in [-0.2, 0) is 16.1 Å². The molecule has 7 nitrogen and oxygen atoms in total. The second kappa shape index (κ2) is 10.4. The average Bonchev–Trinajstić information content (AvgIpc) is 2.76. The van der Waals surface area contributed by atoms with Crippen molar-refractivity contribution in [3.8, 4) is 11.5 Å². The van der Waals surface area contributed by atoms with Crippen molar-refractivity contribution in [3.05, 3.63) is 69.9 Å². The third-order valence-corrected chi connectivity index (χ3v) is 5.11. The van der Waals surface area contributed by atoms with Gasteiger partial charge in [-0.25, -0.2) is 9.59 Å². The van der Waals surface area contributed by atoms with E-state index in [-0.39, 0.29) is 12.1 Å². The van der Waals surface area contributed by atoms with Crippen LogP contribution in [0, 0.1) is 0 Å². The number of hydrogen-bond acceptors (Lipinski definition) is 5.